The van der Waals surface area contributed by atoms with Gasteiger partial charge in [-0.3, -0.25) is 4.79 Å². The van der Waals surface area contributed by atoms with Crippen LogP contribution in [0, 0.1) is 5.92 Å². The fourth-order valence-electron chi connectivity index (χ4n) is 0.962. The van der Waals surface area contributed by atoms with Gasteiger partial charge in [-0.1, -0.05) is 28.5 Å². The van der Waals surface area contributed by atoms with Crippen LogP contribution in [0.4, 0.5) is 4.79 Å². The summed E-state index contributed by atoms with van der Waals surface area (Å²) in [5.41, 5.74) is -0.702. The lowest BCUT2D eigenvalue weighted by Crippen LogP contribution is -2.44. The standard InChI is InChI=1S/C12H21NO6S2/c1-7(9(14)15)5-20-21-6-8(10(16)17)13-11(18)19-12(2,3)4/h7-8H,5-6H2,1-4H3,(H,13,18)(H,14,15)(H,16,17). The molecule has 9 heteroatoms. The van der Waals surface area contributed by atoms with Crippen LogP contribution in [-0.2, 0) is 14.3 Å². The monoisotopic (exact) mass is 339 g/mol. The summed E-state index contributed by atoms with van der Waals surface area (Å²) in [5, 5.41) is 20.0. The zero-order valence-electron chi connectivity index (χ0n) is 12.4. The molecule has 0 aliphatic carbocycles. The van der Waals surface area contributed by atoms with E-state index in [1.165, 1.54) is 21.6 Å². The molecule has 0 heterocycles. The van der Waals surface area contributed by atoms with Crippen molar-refractivity contribution in [3.8, 4) is 0 Å². The maximum atomic E-state index is 11.5. The van der Waals surface area contributed by atoms with Gasteiger partial charge in [0, 0.05) is 11.5 Å². The third kappa shape index (κ3) is 10.3. The minimum absolute atomic E-state index is 0.117. The van der Waals surface area contributed by atoms with E-state index in [4.69, 9.17) is 14.9 Å². The number of carbonyl (C=O) groups excluding carboxylic acids is 1. The van der Waals surface area contributed by atoms with Crippen LogP contribution in [0.5, 0.6) is 0 Å². The minimum atomic E-state index is -1.17. The summed E-state index contributed by atoms with van der Waals surface area (Å²) in [6.07, 6.45) is -0.792. The predicted molar refractivity (Wildman–Crippen MR) is 82.5 cm³/mol. The van der Waals surface area contributed by atoms with Gasteiger partial charge >= 0.3 is 18.0 Å². The van der Waals surface area contributed by atoms with E-state index in [0.29, 0.717) is 5.75 Å². The molecule has 0 aliphatic rings. The Hall–Kier alpha value is -1.09. The molecule has 2 unspecified atom stereocenters. The number of ether oxygens (including phenoxy) is 1. The summed E-state index contributed by atoms with van der Waals surface area (Å²) in [7, 11) is 2.45. The van der Waals surface area contributed by atoms with E-state index < -0.39 is 35.6 Å². The zero-order chi connectivity index (χ0) is 16.6. The van der Waals surface area contributed by atoms with Crippen molar-refractivity contribution >= 4 is 39.6 Å². The van der Waals surface area contributed by atoms with E-state index in [9.17, 15) is 14.4 Å². The molecule has 0 aromatic carbocycles. The average Bonchev–Trinajstić information content (AvgIpc) is 2.29. The van der Waals surface area contributed by atoms with Crippen molar-refractivity contribution in [2.45, 2.75) is 39.3 Å². The summed E-state index contributed by atoms with van der Waals surface area (Å²) in [6.45, 7) is 6.62. The first-order valence-electron chi connectivity index (χ1n) is 6.22. The fourth-order valence-corrected chi connectivity index (χ4v) is 3.46. The van der Waals surface area contributed by atoms with E-state index in [1.807, 2.05) is 0 Å². The Morgan fingerprint density at radius 3 is 2.05 bits per heavy atom. The molecule has 0 spiro atoms. The van der Waals surface area contributed by atoms with E-state index >= 15 is 0 Å². The number of nitrogens with one attached hydrogen (secondary N) is 1. The van der Waals surface area contributed by atoms with Gasteiger partial charge in [0.25, 0.3) is 0 Å². The molecule has 3 N–H and O–H groups in total. The summed E-state index contributed by atoms with van der Waals surface area (Å²) < 4.78 is 4.99. The van der Waals surface area contributed by atoms with Crippen LogP contribution in [-0.4, -0.2) is 51.4 Å². The number of alkyl carbamates (subject to hydrolysis) is 1. The van der Waals surface area contributed by atoms with Gasteiger partial charge in [-0.25, -0.2) is 9.59 Å². The molecule has 0 aliphatic heterocycles. The Morgan fingerprint density at radius 2 is 1.62 bits per heavy atom. The molecule has 122 valence electrons. The molecule has 0 aromatic rings. The van der Waals surface area contributed by atoms with Crippen molar-refractivity contribution in [3.05, 3.63) is 0 Å². The molecule has 0 rings (SSSR count). The molecule has 0 fully saturated rings. The van der Waals surface area contributed by atoms with Crippen molar-refractivity contribution in [3.63, 3.8) is 0 Å². The molecule has 0 aromatic heterocycles. The number of rotatable bonds is 8. The van der Waals surface area contributed by atoms with Gasteiger partial charge in [-0.2, -0.15) is 0 Å². The van der Waals surface area contributed by atoms with E-state index in [2.05, 4.69) is 5.32 Å². The molecule has 21 heavy (non-hydrogen) atoms. The largest absolute Gasteiger partial charge is 0.481 e. The molecular weight excluding hydrogens is 318 g/mol. The first-order chi connectivity index (χ1) is 9.53. The molecule has 0 saturated carbocycles. The van der Waals surface area contributed by atoms with Crippen molar-refractivity contribution in [1.29, 1.82) is 0 Å². The lowest BCUT2D eigenvalue weighted by Gasteiger charge is -2.21. The van der Waals surface area contributed by atoms with Crippen molar-refractivity contribution < 1.29 is 29.3 Å². The van der Waals surface area contributed by atoms with Gasteiger partial charge in [0.05, 0.1) is 5.92 Å². The molecule has 0 radical (unpaired) electrons. The van der Waals surface area contributed by atoms with Crippen molar-refractivity contribution in [2.24, 2.45) is 5.92 Å². The van der Waals surface area contributed by atoms with Crippen LogP contribution < -0.4 is 5.32 Å². The number of aliphatic carboxylic acids is 2. The normalized spacial score (nSPS) is 14.1. The summed E-state index contributed by atoms with van der Waals surface area (Å²) >= 11 is 0. The highest BCUT2D eigenvalue weighted by molar-refractivity contribution is 8.76. The summed E-state index contributed by atoms with van der Waals surface area (Å²) in [5.74, 6) is -2.10. The highest BCUT2D eigenvalue weighted by Crippen LogP contribution is 2.24. The Morgan fingerprint density at radius 1 is 1.10 bits per heavy atom. The summed E-state index contributed by atoms with van der Waals surface area (Å²) in [4.78, 5) is 33.2. The first-order valence-corrected chi connectivity index (χ1v) is 8.71. The lowest BCUT2D eigenvalue weighted by atomic mass is 10.2. The van der Waals surface area contributed by atoms with Crippen LogP contribution in [0.25, 0.3) is 0 Å². The Kier molecular flexibility index (Phi) is 8.57. The smallest absolute Gasteiger partial charge is 0.408 e. The van der Waals surface area contributed by atoms with Crippen LogP contribution in [0.15, 0.2) is 0 Å². The van der Waals surface area contributed by atoms with Crippen LogP contribution in [0.3, 0.4) is 0 Å². The molecule has 0 bridgehead atoms. The van der Waals surface area contributed by atoms with Crippen molar-refractivity contribution in [2.75, 3.05) is 11.5 Å². The number of amides is 1. The van der Waals surface area contributed by atoms with Crippen LogP contribution in [0.2, 0.25) is 0 Å². The predicted octanol–water partition coefficient (Wildman–Crippen LogP) is 2.07. The molecule has 7 nitrogen and oxygen atoms in total. The van der Waals surface area contributed by atoms with Gasteiger partial charge in [0.2, 0.25) is 0 Å². The number of hydrogen-bond donors (Lipinski definition) is 3. The van der Waals surface area contributed by atoms with E-state index in [1.54, 1.807) is 27.7 Å². The second-order valence-electron chi connectivity index (χ2n) is 5.35. The quantitative estimate of drug-likeness (QED) is 0.455. The first kappa shape index (κ1) is 19.9. The van der Waals surface area contributed by atoms with Crippen LogP contribution >= 0.6 is 21.6 Å². The second kappa shape index (κ2) is 9.04. The third-order valence-corrected chi connectivity index (χ3v) is 4.64. The number of hydrogen-bond acceptors (Lipinski definition) is 6. The SMILES string of the molecule is CC(CSSCC(NC(=O)OC(C)(C)C)C(=O)O)C(=O)O. The molecule has 0 saturated heterocycles. The zero-order valence-corrected chi connectivity index (χ0v) is 14.0. The maximum absolute atomic E-state index is 11.5. The summed E-state index contributed by atoms with van der Waals surface area (Å²) in [6, 6.07) is -1.09. The topological polar surface area (TPSA) is 113 Å². The lowest BCUT2D eigenvalue weighted by molar-refractivity contribution is -0.140. The highest BCUT2D eigenvalue weighted by Gasteiger charge is 2.24. The molecular formula is C12H21NO6S2. The van der Waals surface area contributed by atoms with Gasteiger partial charge in [-0.05, 0) is 20.8 Å². The van der Waals surface area contributed by atoms with Crippen molar-refractivity contribution in [1.82, 2.24) is 5.32 Å². The average molecular weight is 339 g/mol. The Labute approximate surface area is 131 Å². The molecule has 1 amide bonds. The molecule has 2 atom stereocenters. The van der Waals surface area contributed by atoms with E-state index in [-0.39, 0.29) is 5.75 Å². The van der Waals surface area contributed by atoms with Gasteiger partial charge < -0.3 is 20.3 Å². The van der Waals surface area contributed by atoms with Gasteiger partial charge in [0.1, 0.15) is 11.6 Å². The minimum Gasteiger partial charge on any atom is -0.481 e. The highest BCUT2D eigenvalue weighted by atomic mass is 33.1. The number of carbonyl (C=O) groups is 3. The Balaban J connectivity index is 4.18. The Bertz CT molecular complexity index is 382. The van der Waals surface area contributed by atoms with Crippen LogP contribution in [0.1, 0.15) is 27.7 Å². The fraction of sp³-hybridized carbons (Fsp3) is 0.750. The van der Waals surface area contributed by atoms with Gasteiger partial charge in [-0.15, -0.1) is 0 Å². The third-order valence-electron chi connectivity index (χ3n) is 2.05. The number of carboxylic acid groups (broad SMARTS) is 2. The maximum Gasteiger partial charge on any atom is 0.408 e. The van der Waals surface area contributed by atoms with E-state index in [0.717, 1.165) is 0 Å². The second-order valence-corrected chi connectivity index (χ2v) is 7.90. The van der Waals surface area contributed by atoms with Gasteiger partial charge in [0.15, 0.2) is 0 Å². The number of carboxylic acids is 2.